The van der Waals surface area contributed by atoms with Gasteiger partial charge in [-0.05, 0) is 24.1 Å². The van der Waals surface area contributed by atoms with Crippen molar-refractivity contribution in [1.29, 1.82) is 0 Å². The van der Waals surface area contributed by atoms with Crippen LogP contribution < -0.4 is 10.1 Å². The zero-order chi connectivity index (χ0) is 16.3. The number of amides is 1. The molecule has 2 unspecified atom stereocenters. The number of halogens is 3. The summed E-state index contributed by atoms with van der Waals surface area (Å²) in [5.74, 6) is -0.460. The number of β-amino-alcohol motifs (C(OH)–C–C–N with tert-alkyl or cyclic N) is 1. The summed E-state index contributed by atoms with van der Waals surface area (Å²) in [5.41, 5.74) is 0.684. The van der Waals surface area contributed by atoms with Crippen LogP contribution in [0.2, 0.25) is 0 Å². The lowest BCUT2D eigenvalue weighted by Crippen LogP contribution is -2.41. The number of nitrogens with zero attached hydrogens (tertiary/aromatic N) is 1. The van der Waals surface area contributed by atoms with Crippen molar-refractivity contribution in [2.75, 3.05) is 13.6 Å². The highest BCUT2D eigenvalue weighted by Crippen LogP contribution is 2.23. The van der Waals surface area contributed by atoms with E-state index in [4.69, 9.17) is 0 Å². The van der Waals surface area contributed by atoms with Gasteiger partial charge in [-0.25, -0.2) is 0 Å². The second-order valence-electron chi connectivity index (χ2n) is 5.24. The maximum absolute atomic E-state index is 12.1. The van der Waals surface area contributed by atoms with E-state index in [1.807, 2.05) is 0 Å². The Labute approximate surface area is 125 Å². The molecule has 0 aliphatic carbocycles. The Bertz CT molecular complexity index is 519. The highest BCUT2D eigenvalue weighted by molar-refractivity contribution is 5.82. The van der Waals surface area contributed by atoms with Gasteiger partial charge in [-0.3, -0.25) is 4.79 Å². The van der Waals surface area contributed by atoms with Crippen LogP contribution in [0.15, 0.2) is 24.3 Å². The van der Waals surface area contributed by atoms with Gasteiger partial charge in [0.1, 0.15) is 5.75 Å². The first kappa shape index (κ1) is 16.6. The van der Waals surface area contributed by atoms with Crippen molar-refractivity contribution in [3.63, 3.8) is 0 Å². The normalized spacial score (nSPS) is 21.7. The molecule has 1 amide bonds. The molecular weight excluding hydrogens is 301 g/mol. The Morgan fingerprint density at radius 2 is 2.05 bits per heavy atom. The number of carbonyl (C=O) groups is 1. The van der Waals surface area contributed by atoms with Crippen LogP contribution in [0.3, 0.4) is 0 Å². The molecule has 8 heteroatoms. The minimum atomic E-state index is -4.72. The molecule has 1 fully saturated rings. The topological polar surface area (TPSA) is 61.8 Å². The van der Waals surface area contributed by atoms with Crippen LogP contribution in [0.1, 0.15) is 12.0 Å². The number of ether oxygens (including phenoxy) is 1. The van der Waals surface area contributed by atoms with Crippen molar-refractivity contribution in [3.05, 3.63) is 29.8 Å². The molecule has 5 nitrogen and oxygen atoms in total. The number of hydrogen-bond acceptors (Lipinski definition) is 4. The number of carbonyl (C=O) groups excluding carboxylic acids is 1. The average molecular weight is 318 g/mol. The molecule has 2 atom stereocenters. The Morgan fingerprint density at radius 1 is 1.41 bits per heavy atom. The molecule has 1 heterocycles. The summed E-state index contributed by atoms with van der Waals surface area (Å²) in [6, 6.07) is 4.94. The molecule has 22 heavy (non-hydrogen) atoms. The maximum atomic E-state index is 12.1. The zero-order valence-electron chi connectivity index (χ0n) is 11.9. The number of likely N-dealkylation sites (N-methyl/N-ethyl adjacent to an activating group) is 1. The fraction of sp³-hybridized carbons (Fsp3) is 0.500. The van der Waals surface area contributed by atoms with Crippen molar-refractivity contribution in [1.82, 2.24) is 10.2 Å². The van der Waals surface area contributed by atoms with Crippen LogP contribution in [-0.2, 0) is 11.3 Å². The van der Waals surface area contributed by atoms with Crippen molar-refractivity contribution in [2.45, 2.75) is 31.5 Å². The van der Waals surface area contributed by atoms with Gasteiger partial charge in [0.05, 0.1) is 12.1 Å². The van der Waals surface area contributed by atoms with Gasteiger partial charge in [0.2, 0.25) is 5.91 Å². The van der Waals surface area contributed by atoms with E-state index in [2.05, 4.69) is 10.1 Å². The molecule has 1 aliphatic heterocycles. The van der Waals surface area contributed by atoms with E-state index < -0.39 is 18.5 Å². The van der Waals surface area contributed by atoms with Gasteiger partial charge in [0, 0.05) is 20.1 Å². The number of aliphatic hydroxyl groups is 1. The largest absolute Gasteiger partial charge is 0.573 e. The molecule has 0 aromatic heterocycles. The lowest BCUT2D eigenvalue weighted by molar-refractivity contribution is -0.274. The molecule has 2 rings (SSSR count). The average Bonchev–Trinajstić information content (AvgIpc) is 2.85. The first-order valence-corrected chi connectivity index (χ1v) is 6.76. The van der Waals surface area contributed by atoms with E-state index in [-0.39, 0.29) is 18.2 Å². The second kappa shape index (κ2) is 6.53. The first-order valence-electron chi connectivity index (χ1n) is 6.76. The van der Waals surface area contributed by atoms with E-state index in [1.54, 1.807) is 7.05 Å². The lowest BCUT2D eigenvalue weighted by Gasteiger charge is -2.21. The minimum Gasteiger partial charge on any atom is -0.406 e. The van der Waals surface area contributed by atoms with Crippen molar-refractivity contribution in [2.24, 2.45) is 0 Å². The monoisotopic (exact) mass is 318 g/mol. The Hall–Kier alpha value is -1.80. The van der Waals surface area contributed by atoms with Crippen LogP contribution in [0, 0.1) is 0 Å². The fourth-order valence-electron chi connectivity index (χ4n) is 2.32. The van der Waals surface area contributed by atoms with Crippen LogP contribution >= 0.6 is 0 Å². The molecule has 0 bridgehead atoms. The van der Waals surface area contributed by atoms with Gasteiger partial charge in [0.25, 0.3) is 0 Å². The van der Waals surface area contributed by atoms with Gasteiger partial charge in [-0.15, -0.1) is 13.2 Å². The van der Waals surface area contributed by atoms with Gasteiger partial charge in [-0.2, -0.15) is 0 Å². The Kier molecular flexibility index (Phi) is 4.92. The third-order valence-electron chi connectivity index (χ3n) is 3.36. The highest BCUT2D eigenvalue weighted by atomic mass is 19.4. The van der Waals surface area contributed by atoms with Crippen LogP contribution in [0.5, 0.6) is 5.75 Å². The van der Waals surface area contributed by atoms with Crippen LogP contribution in [0.4, 0.5) is 13.2 Å². The summed E-state index contributed by atoms with van der Waals surface area (Å²) in [5, 5.41) is 12.3. The summed E-state index contributed by atoms with van der Waals surface area (Å²) >= 11 is 0. The van der Waals surface area contributed by atoms with Crippen molar-refractivity contribution in [3.8, 4) is 5.75 Å². The molecule has 1 aliphatic rings. The van der Waals surface area contributed by atoms with E-state index in [9.17, 15) is 23.1 Å². The summed E-state index contributed by atoms with van der Waals surface area (Å²) in [4.78, 5) is 13.6. The first-order chi connectivity index (χ1) is 10.2. The van der Waals surface area contributed by atoms with E-state index in [1.165, 1.54) is 29.2 Å². The molecule has 2 N–H and O–H groups in total. The smallest absolute Gasteiger partial charge is 0.406 e. The van der Waals surface area contributed by atoms with Crippen molar-refractivity contribution >= 4 is 5.91 Å². The summed E-state index contributed by atoms with van der Waals surface area (Å²) < 4.78 is 40.0. The Morgan fingerprint density at radius 3 is 2.55 bits per heavy atom. The summed E-state index contributed by atoms with van der Waals surface area (Å²) in [6.45, 7) is 0.646. The maximum Gasteiger partial charge on any atom is 0.573 e. The number of aliphatic hydroxyl groups excluding tert-OH is 1. The van der Waals surface area contributed by atoms with Gasteiger partial charge >= 0.3 is 6.36 Å². The van der Waals surface area contributed by atoms with E-state index in [0.29, 0.717) is 18.5 Å². The van der Waals surface area contributed by atoms with Crippen LogP contribution in [0.25, 0.3) is 0 Å². The van der Waals surface area contributed by atoms with Gasteiger partial charge in [-0.1, -0.05) is 12.1 Å². The van der Waals surface area contributed by atoms with E-state index >= 15 is 0 Å². The number of nitrogens with one attached hydrogen (secondary N) is 1. The molecule has 0 spiro atoms. The SMILES string of the molecule is CN(Cc1ccc(OC(F)(F)F)cc1)C(=O)C1CC(O)CN1. The summed E-state index contributed by atoms with van der Waals surface area (Å²) in [6.07, 6.45) is -4.88. The Balaban J connectivity index is 1.91. The number of rotatable bonds is 4. The highest BCUT2D eigenvalue weighted by Gasteiger charge is 2.31. The molecule has 1 aromatic rings. The molecule has 122 valence electrons. The molecular formula is C14H17F3N2O3. The predicted molar refractivity (Wildman–Crippen MR) is 72.0 cm³/mol. The summed E-state index contributed by atoms with van der Waals surface area (Å²) in [7, 11) is 1.61. The second-order valence-corrected chi connectivity index (χ2v) is 5.24. The van der Waals surface area contributed by atoms with E-state index in [0.717, 1.165) is 0 Å². The number of hydrogen-bond donors (Lipinski definition) is 2. The predicted octanol–water partition coefficient (Wildman–Crippen LogP) is 1.27. The molecule has 0 saturated carbocycles. The third-order valence-corrected chi connectivity index (χ3v) is 3.36. The van der Waals surface area contributed by atoms with Gasteiger partial charge in [0.15, 0.2) is 0 Å². The number of alkyl halides is 3. The lowest BCUT2D eigenvalue weighted by atomic mass is 10.1. The zero-order valence-corrected chi connectivity index (χ0v) is 11.9. The standard InChI is InChI=1S/C14H17F3N2O3/c1-19(13(21)12-6-10(20)7-18-12)8-9-2-4-11(5-3-9)22-14(15,16)17/h2-5,10,12,18,20H,6-8H2,1H3. The van der Waals surface area contributed by atoms with Crippen LogP contribution in [-0.4, -0.2) is 48.0 Å². The third kappa shape index (κ3) is 4.60. The molecule has 1 saturated heterocycles. The fourth-order valence-corrected chi connectivity index (χ4v) is 2.32. The quantitative estimate of drug-likeness (QED) is 0.878. The minimum absolute atomic E-state index is 0.160. The number of benzene rings is 1. The molecule has 1 aromatic carbocycles. The van der Waals surface area contributed by atoms with Gasteiger partial charge < -0.3 is 20.1 Å². The van der Waals surface area contributed by atoms with Crippen molar-refractivity contribution < 1.29 is 27.8 Å². The molecule has 0 radical (unpaired) electrons.